The van der Waals surface area contributed by atoms with Crippen LogP contribution in [0.3, 0.4) is 0 Å². The predicted octanol–water partition coefficient (Wildman–Crippen LogP) is 3.54. The molecule has 1 aliphatic carbocycles. The highest BCUT2D eigenvalue weighted by Gasteiger charge is 2.43. The van der Waals surface area contributed by atoms with E-state index in [0.717, 1.165) is 40.6 Å². The molecule has 0 radical (unpaired) electrons. The zero-order chi connectivity index (χ0) is 19.8. The maximum absolute atomic E-state index is 6.07. The van der Waals surface area contributed by atoms with Gasteiger partial charge in [-0.3, -0.25) is 0 Å². The number of nitrogen functional groups attached to an aromatic ring is 1. The number of nitrogens with two attached hydrogens (primary N) is 1. The third-order valence-electron chi connectivity index (χ3n) is 6.53. The van der Waals surface area contributed by atoms with E-state index >= 15 is 0 Å². The zero-order valence-electron chi connectivity index (χ0n) is 16.7. The van der Waals surface area contributed by atoms with Gasteiger partial charge in [0, 0.05) is 54.1 Å². The molecule has 3 unspecified atom stereocenters. The van der Waals surface area contributed by atoms with Crippen molar-refractivity contribution in [3.05, 3.63) is 54.4 Å². The number of nitrogens with zero attached hydrogens (tertiary/aromatic N) is 3. The number of likely N-dealkylation sites (tertiary alicyclic amines) is 1. The van der Waals surface area contributed by atoms with Crippen molar-refractivity contribution >= 4 is 22.3 Å². The van der Waals surface area contributed by atoms with Gasteiger partial charge in [-0.15, -0.1) is 0 Å². The highest BCUT2D eigenvalue weighted by Crippen LogP contribution is 2.41. The Hall–Kier alpha value is -2.86. The SMILES string of the molecule is CN1CC2CC1CC2COc1cc(CNc2cccc3c(N)nccc23)ccn1. The summed E-state index contributed by atoms with van der Waals surface area (Å²) in [4.78, 5) is 11.1. The smallest absolute Gasteiger partial charge is 0.213 e. The van der Waals surface area contributed by atoms with Crippen molar-refractivity contribution in [2.45, 2.75) is 25.4 Å². The van der Waals surface area contributed by atoms with Gasteiger partial charge in [-0.2, -0.15) is 0 Å². The largest absolute Gasteiger partial charge is 0.477 e. The number of nitrogens with one attached hydrogen (secondary N) is 1. The quantitative estimate of drug-likeness (QED) is 0.672. The van der Waals surface area contributed by atoms with Crippen LogP contribution in [0.25, 0.3) is 10.8 Å². The summed E-state index contributed by atoms with van der Waals surface area (Å²) in [6.07, 6.45) is 6.15. The average molecular weight is 390 g/mol. The van der Waals surface area contributed by atoms with Gasteiger partial charge in [0.1, 0.15) is 5.82 Å². The number of fused-ring (bicyclic) bond motifs is 3. The molecule has 1 saturated heterocycles. The van der Waals surface area contributed by atoms with E-state index in [2.05, 4.69) is 33.3 Å². The van der Waals surface area contributed by atoms with Gasteiger partial charge >= 0.3 is 0 Å². The Bertz CT molecular complexity index is 1020. The van der Waals surface area contributed by atoms with Gasteiger partial charge in [0.05, 0.1) is 6.61 Å². The summed E-state index contributed by atoms with van der Waals surface area (Å²) >= 11 is 0. The fraction of sp³-hybridized carbons (Fsp3) is 0.391. The third kappa shape index (κ3) is 3.60. The van der Waals surface area contributed by atoms with Crippen molar-refractivity contribution in [2.24, 2.45) is 11.8 Å². The molecule has 1 saturated carbocycles. The van der Waals surface area contributed by atoms with Gasteiger partial charge in [-0.05, 0) is 55.5 Å². The van der Waals surface area contributed by atoms with Gasteiger partial charge < -0.3 is 20.7 Å². The first-order valence-electron chi connectivity index (χ1n) is 10.3. The minimum Gasteiger partial charge on any atom is -0.477 e. The van der Waals surface area contributed by atoms with Crippen LogP contribution in [0.2, 0.25) is 0 Å². The van der Waals surface area contributed by atoms with Gasteiger partial charge in [0.25, 0.3) is 0 Å². The standard InChI is InChI=1S/C23H27N5O/c1-28-13-16-10-18(28)11-17(16)14-29-22-9-15(5-7-25-22)12-27-21-4-2-3-20-19(21)6-8-26-23(20)24/h2-9,16-18,27H,10-14H2,1H3,(H2,24,26). The lowest BCUT2D eigenvalue weighted by molar-refractivity contribution is 0.149. The van der Waals surface area contributed by atoms with Crippen molar-refractivity contribution in [2.75, 3.05) is 31.2 Å². The van der Waals surface area contributed by atoms with Crippen LogP contribution in [0.5, 0.6) is 5.88 Å². The van der Waals surface area contributed by atoms with Gasteiger partial charge in [-0.1, -0.05) is 12.1 Å². The molecule has 29 heavy (non-hydrogen) atoms. The molecule has 0 amide bonds. The van der Waals surface area contributed by atoms with Crippen LogP contribution >= 0.6 is 0 Å². The third-order valence-corrected chi connectivity index (χ3v) is 6.53. The first kappa shape index (κ1) is 18.2. The van der Waals surface area contributed by atoms with Crippen molar-refractivity contribution in [1.82, 2.24) is 14.9 Å². The zero-order valence-corrected chi connectivity index (χ0v) is 16.7. The Morgan fingerprint density at radius 1 is 1.14 bits per heavy atom. The van der Waals surface area contributed by atoms with E-state index in [1.807, 2.05) is 36.5 Å². The molecule has 2 fully saturated rings. The van der Waals surface area contributed by atoms with Crippen LogP contribution in [-0.4, -0.2) is 41.1 Å². The van der Waals surface area contributed by atoms with Crippen molar-refractivity contribution < 1.29 is 4.74 Å². The first-order chi connectivity index (χ1) is 14.2. The highest BCUT2D eigenvalue weighted by atomic mass is 16.5. The van der Waals surface area contributed by atoms with E-state index in [9.17, 15) is 0 Å². The summed E-state index contributed by atoms with van der Waals surface area (Å²) < 4.78 is 6.07. The number of anilines is 2. The summed E-state index contributed by atoms with van der Waals surface area (Å²) in [5.74, 6) is 2.71. The lowest BCUT2D eigenvalue weighted by Crippen LogP contribution is -2.34. The molecular formula is C23H27N5O. The molecule has 3 heterocycles. The summed E-state index contributed by atoms with van der Waals surface area (Å²) in [5.41, 5.74) is 8.18. The molecule has 2 bridgehead atoms. The van der Waals surface area contributed by atoms with E-state index in [1.54, 1.807) is 6.20 Å². The Kier molecular flexibility index (Phi) is 4.72. The van der Waals surface area contributed by atoms with Crippen molar-refractivity contribution in [3.63, 3.8) is 0 Å². The second kappa shape index (κ2) is 7.52. The molecule has 1 aromatic carbocycles. The molecule has 2 aliphatic rings. The number of hydrogen-bond donors (Lipinski definition) is 2. The molecule has 3 aromatic rings. The number of piperidine rings is 1. The van der Waals surface area contributed by atoms with Crippen molar-refractivity contribution in [1.29, 1.82) is 0 Å². The molecule has 1 aliphatic heterocycles. The van der Waals surface area contributed by atoms with E-state index in [1.165, 1.54) is 19.4 Å². The lowest BCUT2D eigenvalue weighted by atomic mass is 9.96. The number of aromatic nitrogens is 2. The predicted molar refractivity (Wildman–Crippen MR) is 116 cm³/mol. The number of hydrogen-bond acceptors (Lipinski definition) is 6. The molecule has 6 nitrogen and oxygen atoms in total. The molecule has 150 valence electrons. The molecule has 3 N–H and O–H groups in total. The minimum absolute atomic E-state index is 0.553. The van der Waals surface area contributed by atoms with Crippen LogP contribution in [-0.2, 0) is 6.54 Å². The highest BCUT2D eigenvalue weighted by molar-refractivity contribution is 5.99. The number of ether oxygens (including phenoxy) is 1. The molecule has 5 rings (SSSR count). The summed E-state index contributed by atoms with van der Waals surface area (Å²) in [6.45, 7) is 2.68. The molecule has 0 spiro atoms. The van der Waals surface area contributed by atoms with Crippen LogP contribution in [0.1, 0.15) is 18.4 Å². The number of rotatable bonds is 6. The number of benzene rings is 1. The minimum atomic E-state index is 0.553. The Morgan fingerprint density at radius 2 is 2.03 bits per heavy atom. The van der Waals surface area contributed by atoms with E-state index in [4.69, 9.17) is 10.5 Å². The van der Waals surface area contributed by atoms with Gasteiger partial charge in [0.2, 0.25) is 5.88 Å². The maximum atomic E-state index is 6.07. The fourth-order valence-corrected chi connectivity index (χ4v) is 4.90. The van der Waals surface area contributed by atoms with E-state index in [0.29, 0.717) is 24.2 Å². The van der Waals surface area contributed by atoms with Crippen molar-refractivity contribution in [3.8, 4) is 5.88 Å². The van der Waals surface area contributed by atoms with Gasteiger partial charge in [-0.25, -0.2) is 9.97 Å². The fourth-order valence-electron chi connectivity index (χ4n) is 4.90. The molecule has 2 aromatic heterocycles. The normalized spacial score (nSPS) is 23.6. The summed E-state index contributed by atoms with van der Waals surface area (Å²) in [5, 5.41) is 5.55. The first-order valence-corrected chi connectivity index (χ1v) is 10.3. The Morgan fingerprint density at radius 3 is 2.86 bits per heavy atom. The number of pyridine rings is 2. The lowest BCUT2D eigenvalue weighted by Gasteiger charge is -2.28. The van der Waals surface area contributed by atoms with Gasteiger partial charge in [0.15, 0.2) is 0 Å². The summed E-state index contributed by atoms with van der Waals surface area (Å²) in [6, 6.07) is 12.8. The maximum Gasteiger partial charge on any atom is 0.213 e. The average Bonchev–Trinajstić information content (AvgIpc) is 3.30. The van der Waals surface area contributed by atoms with Crippen LogP contribution < -0.4 is 15.8 Å². The second-order valence-corrected chi connectivity index (χ2v) is 8.35. The molecular weight excluding hydrogens is 362 g/mol. The monoisotopic (exact) mass is 389 g/mol. The molecule has 3 atom stereocenters. The Labute approximate surface area is 171 Å². The second-order valence-electron chi connectivity index (χ2n) is 8.35. The van der Waals surface area contributed by atoms with Crippen LogP contribution in [0.4, 0.5) is 11.5 Å². The Balaban J connectivity index is 1.23. The van der Waals surface area contributed by atoms with E-state index < -0.39 is 0 Å². The topological polar surface area (TPSA) is 76.3 Å². The van der Waals surface area contributed by atoms with Crippen LogP contribution in [0, 0.1) is 11.8 Å². The molecule has 6 heteroatoms. The summed E-state index contributed by atoms with van der Waals surface area (Å²) in [7, 11) is 2.24. The van der Waals surface area contributed by atoms with Crippen LogP contribution in [0.15, 0.2) is 48.8 Å². The van der Waals surface area contributed by atoms with E-state index in [-0.39, 0.29) is 0 Å².